The molecule has 3 aromatic rings. The summed E-state index contributed by atoms with van der Waals surface area (Å²) < 4.78 is 6.95. The second-order valence-corrected chi connectivity index (χ2v) is 6.46. The van der Waals surface area contributed by atoms with Gasteiger partial charge in [0.2, 0.25) is 5.91 Å². The van der Waals surface area contributed by atoms with Crippen molar-refractivity contribution in [1.82, 2.24) is 30.1 Å². The molecule has 0 unspecified atom stereocenters. The van der Waals surface area contributed by atoms with Crippen molar-refractivity contribution in [2.24, 2.45) is 0 Å². The minimum Gasteiger partial charge on any atom is -0.361 e. The third-order valence-corrected chi connectivity index (χ3v) is 4.42. The van der Waals surface area contributed by atoms with Crippen LogP contribution in [0, 0.1) is 6.92 Å². The number of nitrogens with zero attached hydrogens (tertiary/aromatic N) is 5. The highest BCUT2D eigenvalue weighted by atomic mass is 16.5. The van der Waals surface area contributed by atoms with E-state index in [2.05, 4.69) is 25.5 Å². The monoisotopic (exact) mass is 352 g/mol. The maximum atomic E-state index is 12.8. The summed E-state index contributed by atoms with van der Waals surface area (Å²) in [5.41, 5.74) is 2.84. The van der Waals surface area contributed by atoms with Crippen molar-refractivity contribution in [2.45, 2.75) is 32.6 Å². The van der Waals surface area contributed by atoms with E-state index in [4.69, 9.17) is 4.52 Å². The molecule has 0 radical (unpaired) electrons. The number of pyridine rings is 1. The Labute approximate surface area is 150 Å². The summed E-state index contributed by atoms with van der Waals surface area (Å²) >= 11 is 0. The van der Waals surface area contributed by atoms with Gasteiger partial charge in [0.25, 0.3) is 0 Å². The molecule has 1 aliphatic heterocycles. The third-order valence-electron chi connectivity index (χ3n) is 4.42. The second-order valence-electron chi connectivity index (χ2n) is 6.46. The summed E-state index contributed by atoms with van der Waals surface area (Å²) in [6.07, 6.45) is 5.20. The van der Waals surface area contributed by atoms with Gasteiger partial charge in [0.15, 0.2) is 0 Å². The molecule has 1 aliphatic rings. The zero-order valence-electron chi connectivity index (χ0n) is 14.5. The fourth-order valence-corrected chi connectivity index (χ4v) is 3.21. The molecule has 8 heteroatoms. The van der Waals surface area contributed by atoms with E-state index < -0.39 is 0 Å². The Kier molecular flexibility index (Phi) is 4.49. The summed E-state index contributed by atoms with van der Waals surface area (Å²) in [7, 11) is 0. The molecule has 0 aromatic carbocycles. The third kappa shape index (κ3) is 3.50. The summed E-state index contributed by atoms with van der Waals surface area (Å²) in [4.78, 5) is 19.0. The Morgan fingerprint density at radius 3 is 3.08 bits per heavy atom. The van der Waals surface area contributed by atoms with E-state index in [1.165, 1.54) is 0 Å². The molecule has 0 spiro atoms. The van der Waals surface area contributed by atoms with Gasteiger partial charge in [-0.25, -0.2) is 0 Å². The largest absolute Gasteiger partial charge is 0.361 e. The molecule has 4 rings (SSSR count). The number of rotatable bonds is 5. The first kappa shape index (κ1) is 16.5. The van der Waals surface area contributed by atoms with Gasteiger partial charge in [0.05, 0.1) is 11.4 Å². The van der Waals surface area contributed by atoms with Crippen LogP contribution in [0.3, 0.4) is 0 Å². The molecule has 26 heavy (non-hydrogen) atoms. The van der Waals surface area contributed by atoms with E-state index >= 15 is 0 Å². The Morgan fingerprint density at radius 1 is 1.38 bits per heavy atom. The highest BCUT2D eigenvalue weighted by Gasteiger charge is 2.31. The summed E-state index contributed by atoms with van der Waals surface area (Å²) in [5.74, 6) is 0.729. The van der Waals surface area contributed by atoms with Crippen molar-refractivity contribution >= 4 is 5.91 Å². The molecule has 134 valence electrons. The van der Waals surface area contributed by atoms with Crippen molar-refractivity contribution in [2.75, 3.05) is 6.54 Å². The van der Waals surface area contributed by atoms with Crippen molar-refractivity contribution in [3.8, 4) is 0 Å². The van der Waals surface area contributed by atoms with Crippen LogP contribution in [0.15, 0.2) is 47.4 Å². The van der Waals surface area contributed by atoms with E-state index in [9.17, 15) is 4.79 Å². The lowest BCUT2D eigenvalue weighted by Crippen LogP contribution is -2.44. The van der Waals surface area contributed by atoms with E-state index in [1.807, 2.05) is 35.9 Å². The van der Waals surface area contributed by atoms with Gasteiger partial charge in [-0.1, -0.05) is 11.2 Å². The molecule has 4 heterocycles. The fourth-order valence-electron chi connectivity index (χ4n) is 3.21. The zero-order chi connectivity index (χ0) is 17.9. The standard InChI is InChI=1S/C18H20N6O2/c1-13-7-15(22-26-13)10-23-11-16-4-6-21-24(16)17(12-23)18(25)20-9-14-3-2-5-19-8-14/h2-8,17H,9-12H2,1H3,(H,20,25)/t17-/m0/s1. The molecule has 0 saturated carbocycles. The Morgan fingerprint density at radius 2 is 2.31 bits per heavy atom. The minimum absolute atomic E-state index is 0.0557. The van der Waals surface area contributed by atoms with E-state index in [0.717, 1.165) is 29.3 Å². The zero-order valence-corrected chi connectivity index (χ0v) is 14.5. The van der Waals surface area contributed by atoms with Gasteiger partial charge in [-0.3, -0.25) is 19.4 Å². The van der Waals surface area contributed by atoms with Crippen molar-refractivity contribution in [3.63, 3.8) is 0 Å². The predicted molar refractivity (Wildman–Crippen MR) is 92.7 cm³/mol. The molecule has 1 atom stereocenters. The number of amides is 1. The molecular formula is C18H20N6O2. The Hall–Kier alpha value is -3.00. The Bertz CT molecular complexity index is 888. The number of aromatic nitrogens is 4. The van der Waals surface area contributed by atoms with Crippen LogP contribution in [0.1, 0.15) is 28.8 Å². The van der Waals surface area contributed by atoms with E-state index in [1.54, 1.807) is 18.6 Å². The number of carbonyl (C=O) groups is 1. The number of fused-ring (bicyclic) bond motifs is 1. The average molecular weight is 352 g/mol. The molecule has 1 N–H and O–H groups in total. The molecule has 3 aromatic heterocycles. The van der Waals surface area contributed by atoms with E-state index in [-0.39, 0.29) is 11.9 Å². The first-order valence-corrected chi connectivity index (χ1v) is 8.52. The van der Waals surface area contributed by atoms with Crippen LogP contribution in [0.2, 0.25) is 0 Å². The smallest absolute Gasteiger partial charge is 0.246 e. The molecule has 1 amide bonds. The van der Waals surface area contributed by atoms with E-state index in [0.29, 0.717) is 19.6 Å². The highest BCUT2D eigenvalue weighted by molar-refractivity contribution is 5.80. The van der Waals surface area contributed by atoms with Crippen LogP contribution in [-0.2, 0) is 24.4 Å². The van der Waals surface area contributed by atoms with Crippen LogP contribution in [0.5, 0.6) is 0 Å². The van der Waals surface area contributed by atoms with Gasteiger partial charge >= 0.3 is 0 Å². The highest BCUT2D eigenvalue weighted by Crippen LogP contribution is 2.22. The van der Waals surface area contributed by atoms with Gasteiger partial charge in [0, 0.05) is 50.8 Å². The lowest BCUT2D eigenvalue weighted by Gasteiger charge is -2.32. The van der Waals surface area contributed by atoms with Crippen molar-refractivity contribution in [3.05, 3.63) is 65.6 Å². The second kappa shape index (κ2) is 7.09. The Balaban J connectivity index is 1.46. The van der Waals surface area contributed by atoms with Gasteiger partial charge in [0.1, 0.15) is 11.8 Å². The number of hydrogen-bond acceptors (Lipinski definition) is 6. The van der Waals surface area contributed by atoms with Crippen LogP contribution in [-0.4, -0.2) is 37.3 Å². The van der Waals surface area contributed by atoms with Crippen LogP contribution >= 0.6 is 0 Å². The van der Waals surface area contributed by atoms with Crippen LogP contribution < -0.4 is 5.32 Å². The fraction of sp³-hybridized carbons (Fsp3) is 0.333. The number of hydrogen-bond donors (Lipinski definition) is 1. The first-order valence-electron chi connectivity index (χ1n) is 8.52. The number of carbonyl (C=O) groups excluding carboxylic acids is 1. The summed E-state index contributed by atoms with van der Waals surface area (Å²) in [5, 5.41) is 11.4. The van der Waals surface area contributed by atoms with Crippen molar-refractivity contribution in [1.29, 1.82) is 0 Å². The van der Waals surface area contributed by atoms with Gasteiger partial charge in [-0.2, -0.15) is 5.10 Å². The number of nitrogens with one attached hydrogen (secondary N) is 1. The quantitative estimate of drug-likeness (QED) is 0.748. The summed E-state index contributed by atoms with van der Waals surface area (Å²) in [6, 6.07) is 7.28. The molecule has 0 saturated heterocycles. The van der Waals surface area contributed by atoms with Crippen LogP contribution in [0.4, 0.5) is 0 Å². The topological polar surface area (TPSA) is 89.1 Å². The normalized spacial score (nSPS) is 17.0. The lowest BCUT2D eigenvalue weighted by atomic mass is 10.1. The maximum absolute atomic E-state index is 12.8. The van der Waals surface area contributed by atoms with Crippen LogP contribution in [0.25, 0.3) is 0 Å². The maximum Gasteiger partial charge on any atom is 0.246 e. The molecule has 8 nitrogen and oxygen atoms in total. The molecule has 0 fully saturated rings. The predicted octanol–water partition coefficient (Wildman–Crippen LogP) is 1.45. The number of aryl methyl sites for hydroxylation is 1. The average Bonchev–Trinajstić information content (AvgIpc) is 3.28. The van der Waals surface area contributed by atoms with Crippen molar-refractivity contribution < 1.29 is 9.32 Å². The SMILES string of the molecule is Cc1cc(CN2Cc3ccnn3[C@H](C(=O)NCc3cccnc3)C2)no1. The summed E-state index contributed by atoms with van der Waals surface area (Å²) in [6.45, 7) is 4.24. The molecule has 0 bridgehead atoms. The molecular weight excluding hydrogens is 332 g/mol. The first-order chi connectivity index (χ1) is 12.7. The van der Waals surface area contributed by atoms with Gasteiger partial charge in [-0.05, 0) is 24.6 Å². The van der Waals surface area contributed by atoms with Gasteiger partial charge in [-0.15, -0.1) is 0 Å². The molecule has 0 aliphatic carbocycles. The lowest BCUT2D eigenvalue weighted by molar-refractivity contribution is -0.126. The van der Waals surface area contributed by atoms with Gasteiger partial charge < -0.3 is 9.84 Å². The minimum atomic E-state index is -0.376.